The standard InChI is InChI=1S/C13H15Cl2NO2/c1-8(9-5-3-4-6-11(9)18-2)16-12(17)10-7-13(10,14)15/h3-6,8,10H,7H2,1-2H3,(H,16,17). The van der Waals surface area contributed by atoms with Gasteiger partial charge in [0.25, 0.3) is 0 Å². The van der Waals surface area contributed by atoms with E-state index in [2.05, 4.69) is 5.32 Å². The molecule has 0 heterocycles. The molecule has 1 aliphatic carbocycles. The molecule has 0 spiro atoms. The quantitative estimate of drug-likeness (QED) is 0.865. The Bertz CT molecular complexity index is 462. The van der Waals surface area contributed by atoms with Crippen molar-refractivity contribution >= 4 is 29.1 Å². The predicted octanol–water partition coefficient (Wildman–Crippen LogP) is 3.07. The first kappa shape index (κ1) is 13.5. The molecule has 1 aromatic rings. The second-order valence-corrected chi connectivity index (χ2v) is 6.03. The molecule has 98 valence electrons. The van der Waals surface area contributed by atoms with Crippen LogP contribution >= 0.6 is 23.2 Å². The van der Waals surface area contributed by atoms with Crippen molar-refractivity contribution in [1.29, 1.82) is 0 Å². The third-order valence-corrected chi connectivity index (χ3v) is 3.94. The first-order valence-corrected chi connectivity index (χ1v) is 6.52. The summed E-state index contributed by atoms with van der Waals surface area (Å²) in [6.07, 6.45) is 0.514. The summed E-state index contributed by atoms with van der Waals surface area (Å²) in [5.41, 5.74) is 0.934. The van der Waals surface area contributed by atoms with Gasteiger partial charge < -0.3 is 10.1 Å². The van der Waals surface area contributed by atoms with Crippen molar-refractivity contribution in [3.63, 3.8) is 0 Å². The number of hydrogen-bond acceptors (Lipinski definition) is 2. The van der Waals surface area contributed by atoms with E-state index in [0.717, 1.165) is 11.3 Å². The van der Waals surface area contributed by atoms with Crippen LogP contribution in [0.5, 0.6) is 5.75 Å². The van der Waals surface area contributed by atoms with Gasteiger partial charge in [0, 0.05) is 5.56 Å². The van der Waals surface area contributed by atoms with Crippen LogP contribution in [0.4, 0.5) is 0 Å². The van der Waals surface area contributed by atoms with E-state index in [1.54, 1.807) is 7.11 Å². The van der Waals surface area contributed by atoms with Gasteiger partial charge in [-0.15, -0.1) is 23.2 Å². The summed E-state index contributed by atoms with van der Waals surface area (Å²) in [4.78, 5) is 11.9. The Balaban J connectivity index is 2.04. The molecular weight excluding hydrogens is 273 g/mol. The molecule has 2 unspecified atom stereocenters. The third kappa shape index (κ3) is 2.73. The average molecular weight is 288 g/mol. The number of alkyl halides is 2. The van der Waals surface area contributed by atoms with Crippen molar-refractivity contribution < 1.29 is 9.53 Å². The number of carbonyl (C=O) groups is 1. The fourth-order valence-electron chi connectivity index (χ4n) is 1.91. The number of rotatable bonds is 4. The van der Waals surface area contributed by atoms with E-state index >= 15 is 0 Å². The van der Waals surface area contributed by atoms with Gasteiger partial charge in [0.15, 0.2) is 0 Å². The molecule has 1 fully saturated rings. The molecule has 0 aromatic heterocycles. The molecule has 0 aliphatic heterocycles. The number of para-hydroxylation sites is 1. The van der Waals surface area contributed by atoms with Crippen molar-refractivity contribution in [2.24, 2.45) is 5.92 Å². The highest BCUT2D eigenvalue weighted by atomic mass is 35.5. The monoisotopic (exact) mass is 287 g/mol. The van der Waals surface area contributed by atoms with Gasteiger partial charge in [0.1, 0.15) is 10.1 Å². The minimum atomic E-state index is -0.884. The number of methoxy groups -OCH3 is 1. The number of hydrogen-bond donors (Lipinski definition) is 1. The van der Waals surface area contributed by atoms with Gasteiger partial charge in [0.05, 0.1) is 19.1 Å². The van der Waals surface area contributed by atoms with E-state index in [1.807, 2.05) is 31.2 Å². The number of nitrogens with one attached hydrogen (secondary N) is 1. The maximum atomic E-state index is 11.9. The van der Waals surface area contributed by atoms with Gasteiger partial charge in [-0.1, -0.05) is 18.2 Å². The number of amides is 1. The van der Waals surface area contributed by atoms with Crippen molar-refractivity contribution in [2.45, 2.75) is 23.7 Å². The van der Waals surface area contributed by atoms with Gasteiger partial charge in [-0.3, -0.25) is 4.79 Å². The maximum Gasteiger partial charge on any atom is 0.226 e. The summed E-state index contributed by atoms with van der Waals surface area (Å²) >= 11 is 11.7. The molecule has 0 radical (unpaired) electrons. The van der Waals surface area contributed by atoms with E-state index < -0.39 is 4.33 Å². The van der Waals surface area contributed by atoms with Crippen LogP contribution in [0.3, 0.4) is 0 Å². The molecule has 1 saturated carbocycles. The van der Waals surface area contributed by atoms with Crippen molar-refractivity contribution in [3.05, 3.63) is 29.8 Å². The van der Waals surface area contributed by atoms with E-state index in [0.29, 0.717) is 6.42 Å². The molecule has 0 saturated heterocycles. The molecular formula is C13H15Cl2NO2. The van der Waals surface area contributed by atoms with E-state index in [4.69, 9.17) is 27.9 Å². The van der Waals surface area contributed by atoms with E-state index in [-0.39, 0.29) is 17.9 Å². The van der Waals surface area contributed by atoms with Crippen molar-refractivity contribution in [1.82, 2.24) is 5.32 Å². The number of ether oxygens (including phenoxy) is 1. The fraction of sp³-hybridized carbons (Fsp3) is 0.462. The summed E-state index contributed by atoms with van der Waals surface area (Å²) in [7, 11) is 1.61. The zero-order chi connectivity index (χ0) is 13.3. The molecule has 18 heavy (non-hydrogen) atoms. The molecule has 1 aromatic carbocycles. The first-order valence-electron chi connectivity index (χ1n) is 5.77. The van der Waals surface area contributed by atoms with Crippen molar-refractivity contribution in [3.8, 4) is 5.75 Å². The molecule has 3 nitrogen and oxygen atoms in total. The molecule has 2 atom stereocenters. The lowest BCUT2D eigenvalue weighted by Gasteiger charge is -2.17. The van der Waals surface area contributed by atoms with Crippen LogP contribution in [-0.4, -0.2) is 17.4 Å². The minimum absolute atomic E-state index is 0.113. The lowest BCUT2D eigenvalue weighted by Crippen LogP contribution is -2.29. The zero-order valence-corrected chi connectivity index (χ0v) is 11.8. The van der Waals surface area contributed by atoms with Crippen LogP contribution in [0, 0.1) is 5.92 Å². The van der Waals surface area contributed by atoms with Gasteiger partial charge in [-0.25, -0.2) is 0 Å². The van der Waals surface area contributed by atoms with Crippen LogP contribution in [0.25, 0.3) is 0 Å². The minimum Gasteiger partial charge on any atom is -0.496 e. The normalized spacial score (nSPS) is 22.1. The summed E-state index contributed by atoms with van der Waals surface area (Å²) < 4.78 is 4.38. The summed E-state index contributed by atoms with van der Waals surface area (Å²) in [6.45, 7) is 1.91. The Kier molecular flexibility index (Phi) is 3.74. The largest absolute Gasteiger partial charge is 0.496 e. The Hall–Kier alpha value is -0.930. The van der Waals surface area contributed by atoms with Crippen LogP contribution in [0.2, 0.25) is 0 Å². The SMILES string of the molecule is COc1ccccc1C(C)NC(=O)C1CC1(Cl)Cl. The average Bonchev–Trinajstić information content (AvgIpc) is 2.98. The summed E-state index contributed by atoms with van der Waals surface area (Å²) in [6, 6.07) is 7.44. The van der Waals surface area contributed by atoms with E-state index in [9.17, 15) is 4.79 Å². The Morgan fingerprint density at radius 2 is 2.11 bits per heavy atom. The van der Waals surface area contributed by atoms with Gasteiger partial charge >= 0.3 is 0 Å². The molecule has 2 rings (SSSR count). The first-order chi connectivity index (χ1) is 8.45. The lowest BCUT2D eigenvalue weighted by atomic mass is 10.1. The zero-order valence-electron chi connectivity index (χ0n) is 10.2. The smallest absolute Gasteiger partial charge is 0.226 e. The molecule has 0 bridgehead atoms. The molecule has 1 aliphatic rings. The van der Waals surface area contributed by atoms with Gasteiger partial charge in [-0.2, -0.15) is 0 Å². The summed E-state index contributed by atoms with van der Waals surface area (Å²) in [5, 5.41) is 2.90. The number of carbonyl (C=O) groups excluding carboxylic acids is 1. The maximum absolute atomic E-state index is 11.9. The Morgan fingerprint density at radius 3 is 2.67 bits per heavy atom. The molecule has 1 amide bonds. The van der Waals surface area contributed by atoms with Crippen LogP contribution < -0.4 is 10.1 Å². The third-order valence-electron chi connectivity index (χ3n) is 3.11. The fourth-order valence-corrected chi connectivity index (χ4v) is 2.42. The topological polar surface area (TPSA) is 38.3 Å². The second-order valence-electron chi connectivity index (χ2n) is 4.49. The van der Waals surface area contributed by atoms with Gasteiger partial charge in [-0.05, 0) is 19.4 Å². The highest BCUT2D eigenvalue weighted by Crippen LogP contribution is 2.53. The highest BCUT2D eigenvalue weighted by Gasteiger charge is 2.56. The van der Waals surface area contributed by atoms with E-state index in [1.165, 1.54) is 0 Å². The number of halogens is 2. The lowest BCUT2D eigenvalue weighted by molar-refractivity contribution is -0.123. The predicted molar refractivity (Wildman–Crippen MR) is 72.1 cm³/mol. The highest BCUT2D eigenvalue weighted by molar-refractivity contribution is 6.52. The van der Waals surface area contributed by atoms with Crippen LogP contribution in [0.15, 0.2) is 24.3 Å². The Morgan fingerprint density at radius 1 is 1.50 bits per heavy atom. The number of benzene rings is 1. The summed E-state index contributed by atoms with van der Waals surface area (Å²) in [5.74, 6) is 0.334. The second kappa shape index (κ2) is 4.98. The van der Waals surface area contributed by atoms with Crippen LogP contribution in [-0.2, 0) is 4.79 Å². The molecule has 1 N–H and O–H groups in total. The van der Waals surface area contributed by atoms with Crippen molar-refractivity contribution in [2.75, 3.05) is 7.11 Å². The van der Waals surface area contributed by atoms with Gasteiger partial charge in [0.2, 0.25) is 5.91 Å². The Labute approximate surface area is 116 Å². The molecule has 5 heteroatoms. The van der Waals surface area contributed by atoms with Crippen LogP contribution in [0.1, 0.15) is 24.9 Å².